The van der Waals surface area contributed by atoms with E-state index in [0.717, 1.165) is 20.2 Å². The van der Waals surface area contributed by atoms with Crippen molar-refractivity contribution in [2.24, 2.45) is 0 Å². The molecule has 21 heavy (non-hydrogen) atoms. The molecule has 0 aliphatic rings. The predicted molar refractivity (Wildman–Crippen MR) is 93.6 cm³/mol. The second kappa shape index (κ2) is 5.81. The number of hydrogen-bond donors (Lipinski definition) is 0. The summed E-state index contributed by atoms with van der Waals surface area (Å²) in [6.07, 6.45) is 1.73. The fourth-order valence-corrected chi connectivity index (χ4v) is 2.79. The lowest BCUT2D eigenvalue weighted by molar-refractivity contribution is 0.0992. The van der Waals surface area contributed by atoms with E-state index in [0.29, 0.717) is 5.56 Å². The number of pyridine rings is 1. The number of fused-ring (bicyclic) bond motifs is 1. The molecule has 0 aliphatic heterocycles. The van der Waals surface area contributed by atoms with Gasteiger partial charge in [0.1, 0.15) is 0 Å². The number of benzene rings is 2. The van der Waals surface area contributed by atoms with E-state index in [1.807, 2.05) is 54.6 Å². The van der Waals surface area contributed by atoms with Gasteiger partial charge in [-0.25, -0.2) is 0 Å². The van der Waals surface area contributed by atoms with Crippen LogP contribution in [-0.4, -0.2) is 17.9 Å². The average molecular weight is 388 g/mol. The van der Waals surface area contributed by atoms with Gasteiger partial charge in [-0.1, -0.05) is 30.3 Å². The maximum atomic E-state index is 12.6. The number of carbonyl (C=O) groups is 1. The number of halogens is 1. The fraction of sp³-hybridized carbons (Fsp3) is 0.0588. The van der Waals surface area contributed by atoms with E-state index in [9.17, 15) is 4.79 Å². The zero-order valence-corrected chi connectivity index (χ0v) is 13.6. The van der Waals surface area contributed by atoms with Crippen LogP contribution in [0, 0.1) is 3.57 Å². The van der Waals surface area contributed by atoms with Crippen LogP contribution in [0.25, 0.3) is 10.9 Å². The Kier molecular flexibility index (Phi) is 3.88. The third-order valence-electron chi connectivity index (χ3n) is 3.37. The highest BCUT2D eigenvalue weighted by molar-refractivity contribution is 14.1. The Morgan fingerprint density at radius 2 is 1.81 bits per heavy atom. The maximum Gasteiger partial charge on any atom is 0.259 e. The van der Waals surface area contributed by atoms with Gasteiger partial charge in [-0.2, -0.15) is 0 Å². The molecular weight excluding hydrogens is 375 g/mol. The Morgan fingerprint density at radius 3 is 2.62 bits per heavy atom. The molecule has 0 spiro atoms. The van der Waals surface area contributed by atoms with E-state index in [-0.39, 0.29) is 5.91 Å². The first-order chi connectivity index (χ1) is 10.2. The minimum absolute atomic E-state index is 0.0305. The predicted octanol–water partition coefficient (Wildman–Crippen LogP) is 4.12. The van der Waals surface area contributed by atoms with E-state index >= 15 is 0 Å². The SMILES string of the molecule is CN(C(=O)c1ccccc1I)c1cnc2ccccc2c1. The van der Waals surface area contributed by atoms with Gasteiger partial charge in [0.05, 0.1) is 23.0 Å². The van der Waals surface area contributed by atoms with Crippen LogP contribution < -0.4 is 4.90 Å². The summed E-state index contributed by atoms with van der Waals surface area (Å²) in [5, 5.41) is 1.03. The van der Waals surface area contributed by atoms with Crippen molar-refractivity contribution in [3.05, 3.63) is 69.9 Å². The Bertz CT molecular complexity index is 817. The number of amides is 1. The highest BCUT2D eigenvalue weighted by atomic mass is 127. The van der Waals surface area contributed by atoms with Crippen LogP contribution in [0.15, 0.2) is 60.8 Å². The number of rotatable bonds is 2. The molecule has 1 heterocycles. The Hall–Kier alpha value is -1.95. The molecule has 0 radical (unpaired) electrons. The van der Waals surface area contributed by atoms with Gasteiger partial charge in [0.25, 0.3) is 5.91 Å². The second-order valence-corrected chi connectivity index (χ2v) is 5.89. The van der Waals surface area contributed by atoms with Crippen LogP contribution >= 0.6 is 22.6 Å². The molecule has 0 aliphatic carbocycles. The van der Waals surface area contributed by atoms with Crippen molar-refractivity contribution in [3.8, 4) is 0 Å². The standard InChI is InChI=1S/C17H13IN2O/c1-20(17(21)14-7-3-4-8-15(14)18)13-10-12-6-2-5-9-16(12)19-11-13/h2-11H,1H3. The van der Waals surface area contributed by atoms with Gasteiger partial charge >= 0.3 is 0 Å². The third kappa shape index (κ3) is 2.76. The molecule has 3 aromatic rings. The van der Waals surface area contributed by atoms with Gasteiger partial charge in [0.2, 0.25) is 0 Å². The minimum Gasteiger partial charge on any atom is -0.310 e. The number of carbonyl (C=O) groups excluding carboxylic acids is 1. The summed E-state index contributed by atoms with van der Waals surface area (Å²) in [4.78, 5) is 18.6. The van der Waals surface area contributed by atoms with Gasteiger partial charge in [0.15, 0.2) is 0 Å². The molecule has 3 rings (SSSR count). The molecular formula is C17H13IN2O. The largest absolute Gasteiger partial charge is 0.310 e. The number of hydrogen-bond acceptors (Lipinski definition) is 2. The third-order valence-corrected chi connectivity index (χ3v) is 4.31. The van der Waals surface area contributed by atoms with Gasteiger partial charge in [-0.3, -0.25) is 9.78 Å². The van der Waals surface area contributed by atoms with Gasteiger partial charge < -0.3 is 4.90 Å². The van der Waals surface area contributed by atoms with E-state index in [4.69, 9.17) is 0 Å². The first-order valence-corrected chi connectivity index (χ1v) is 7.62. The molecule has 4 heteroatoms. The maximum absolute atomic E-state index is 12.6. The number of anilines is 1. The zero-order chi connectivity index (χ0) is 14.8. The molecule has 0 saturated heterocycles. The molecule has 0 saturated carbocycles. The van der Waals surface area contributed by atoms with Crippen LogP contribution in [0.2, 0.25) is 0 Å². The molecule has 0 N–H and O–H groups in total. The quantitative estimate of drug-likeness (QED) is 0.619. The molecule has 1 amide bonds. The van der Waals surface area contributed by atoms with Crippen molar-refractivity contribution >= 4 is 45.1 Å². The summed E-state index contributed by atoms with van der Waals surface area (Å²) in [6, 6.07) is 17.4. The lowest BCUT2D eigenvalue weighted by Crippen LogP contribution is -2.27. The summed E-state index contributed by atoms with van der Waals surface area (Å²) in [5.41, 5.74) is 2.42. The number of para-hydroxylation sites is 1. The smallest absolute Gasteiger partial charge is 0.259 e. The van der Waals surface area contributed by atoms with Crippen molar-refractivity contribution in [1.82, 2.24) is 4.98 Å². The monoisotopic (exact) mass is 388 g/mol. The number of nitrogens with zero attached hydrogens (tertiary/aromatic N) is 2. The summed E-state index contributed by atoms with van der Waals surface area (Å²) in [6.45, 7) is 0. The van der Waals surface area contributed by atoms with Crippen molar-refractivity contribution in [1.29, 1.82) is 0 Å². The Balaban J connectivity index is 1.98. The van der Waals surface area contributed by atoms with E-state index in [1.54, 1.807) is 18.1 Å². The van der Waals surface area contributed by atoms with E-state index in [1.165, 1.54) is 0 Å². The first-order valence-electron chi connectivity index (χ1n) is 6.54. The van der Waals surface area contributed by atoms with Crippen molar-refractivity contribution < 1.29 is 4.79 Å². The van der Waals surface area contributed by atoms with Crippen molar-refractivity contribution in [2.45, 2.75) is 0 Å². The summed E-state index contributed by atoms with van der Waals surface area (Å²) in [5.74, 6) is -0.0305. The lowest BCUT2D eigenvalue weighted by atomic mass is 10.1. The highest BCUT2D eigenvalue weighted by Crippen LogP contribution is 2.21. The van der Waals surface area contributed by atoms with Crippen molar-refractivity contribution in [2.75, 3.05) is 11.9 Å². The van der Waals surface area contributed by atoms with Gasteiger partial charge in [-0.15, -0.1) is 0 Å². The topological polar surface area (TPSA) is 33.2 Å². The van der Waals surface area contributed by atoms with Crippen LogP contribution in [0.3, 0.4) is 0 Å². The van der Waals surface area contributed by atoms with Crippen molar-refractivity contribution in [3.63, 3.8) is 0 Å². The fourth-order valence-electron chi connectivity index (χ4n) is 2.18. The minimum atomic E-state index is -0.0305. The molecule has 0 bridgehead atoms. The van der Waals surface area contributed by atoms with Crippen LogP contribution in [-0.2, 0) is 0 Å². The summed E-state index contributed by atoms with van der Waals surface area (Å²) < 4.78 is 0.945. The molecule has 104 valence electrons. The summed E-state index contributed by atoms with van der Waals surface area (Å²) >= 11 is 2.18. The average Bonchev–Trinajstić information content (AvgIpc) is 2.53. The van der Waals surface area contributed by atoms with Crippen LogP contribution in [0.4, 0.5) is 5.69 Å². The van der Waals surface area contributed by atoms with Crippen LogP contribution in [0.1, 0.15) is 10.4 Å². The van der Waals surface area contributed by atoms with Gasteiger partial charge in [-0.05, 0) is 46.9 Å². The molecule has 0 unspecified atom stereocenters. The van der Waals surface area contributed by atoms with E-state index < -0.39 is 0 Å². The Morgan fingerprint density at radius 1 is 1.10 bits per heavy atom. The lowest BCUT2D eigenvalue weighted by Gasteiger charge is -2.18. The molecule has 0 fully saturated rings. The first kappa shape index (κ1) is 14.0. The molecule has 0 atom stereocenters. The summed E-state index contributed by atoms with van der Waals surface area (Å²) in [7, 11) is 1.78. The molecule has 1 aromatic heterocycles. The molecule has 2 aromatic carbocycles. The molecule has 3 nitrogen and oxygen atoms in total. The Labute approximate surface area is 136 Å². The number of aromatic nitrogens is 1. The zero-order valence-electron chi connectivity index (χ0n) is 11.5. The highest BCUT2D eigenvalue weighted by Gasteiger charge is 2.16. The second-order valence-electron chi connectivity index (χ2n) is 4.73. The van der Waals surface area contributed by atoms with E-state index in [2.05, 4.69) is 27.6 Å². The normalized spacial score (nSPS) is 10.6. The van der Waals surface area contributed by atoms with Crippen LogP contribution in [0.5, 0.6) is 0 Å². The van der Waals surface area contributed by atoms with Gasteiger partial charge in [0, 0.05) is 16.0 Å².